The van der Waals surface area contributed by atoms with Gasteiger partial charge in [0.05, 0.1) is 0 Å². The number of hydrogen-bond donors (Lipinski definition) is 1. The molecule has 0 bridgehead atoms. The first-order valence-electron chi connectivity index (χ1n) is 25.2. The molecule has 0 spiro atoms. The van der Waals surface area contributed by atoms with E-state index < -0.39 is 6.29 Å². The highest BCUT2D eigenvalue weighted by atomic mass is 16.7. The summed E-state index contributed by atoms with van der Waals surface area (Å²) in [6.45, 7) is 15.6. The fraction of sp³-hybridized carbons (Fsp3) is 0.865. The van der Waals surface area contributed by atoms with E-state index in [1.54, 1.807) is 0 Å². The van der Waals surface area contributed by atoms with Crippen LogP contribution >= 0.6 is 0 Å². The molecule has 59 heavy (non-hydrogen) atoms. The quantitative estimate of drug-likeness (QED) is 0.0522. The summed E-state index contributed by atoms with van der Waals surface area (Å²) in [6.07, 6.45) is 32.1. The SMILES string of the molecule is CCCCCCCCCCCCOC(CCC(=O)N(CCCCCCOC(O)C(C)c1ccc(CC(C)C)cc1)CCCN(C)C)OCCCCCCCCCCCC. The van der Waals surface area contributed by atoms with Crippen molar-refractivity contribution in [3.63, 3.8) is 0 Å². The number of ether oxygens (including phenoxy) is 3. The molecule has 1 rings (SSSR count). The van der Waals surface area contributed by atoms with E-state index in [-0.39, 0.29) is 18.1 Å². The highest BCUT2D eigenvalue weighted by molar-refractivity contribution is 5.76. The van der Waals surface area contributed by atoms with Crippen molar-refractivity contribution >= 4 is 5.91 Å². The average molecular weight is 831 g/mol. The molecular weight excluding hydrogens is 733 g/mol. The Balaban J connectivity index is 2.51. The van der Waals surface area contributed by atoms with E-state index in [0.717, 1.165) is 76.6 Å². The summed E-state index contributed by atoms with van der Waals surface area (Å²) in [5.74, 6) is 0.778. The first kappa shape index (κ1) is 55.5. The predicted molar refractivity (Wildman–Crippen MR) is 252 cm³/mol. The van der Waals surface area contributed by atoms with Crippen LogP contribution in [0.1, 0.15) is 225 Å². The Labute approximate surface area is 366 Å². The molecule has 0 radical (unpaired) electrons. The van der Waals surface area contributed by atoms with Crippen LogP contribution in [-0.4, -0.2) is 86.9 Å². The topological polar surface area (TPSA) is 71.5 Å². The molecule has 0 aromatic heterocycles. The fourth-order valence-electron chi connectivity index (χ4n) is 7.86. The summed E-state index contributed by atoms with van der Waals surface area (Å²) < 4.78 is 18.5. The number of aliphatic hydroxyl groups is 1. The molecule has 0 aliphatic heterocycles. The van der Waals surface area contributed by atoms with E-state index in [4.69, 9.17) is 14.2 Å². The van der Waals surface area contributed by atoms with Gasteiger partial charge in [-0.2, -0.15) is 0 Å². The number of carbonyl (C=O) groups is 1. The largest absolute Gasteiger partial charge is 0.367 e. The second kappa shape index (κ2) is 39.3. The van der Waals surface area contributed by atoms with Crippen LogP contribution in [0.4, 0.5) is 0 Å². The van der Waals surface area contributed by atoms with Crippen LogP contribution in [0.15, 0.2) is 24.3 Å². The number of aliphatic hydroxyl groups excluding tert-OH is 1. The lowest BCUT2D eigenvalue weighted by Crippen LogP contribution is -2.35. The molecule has 7 nitrogen and oxygen atoms in total. The minimum absolute atomic E-state index is 0.0698. The summed E-state index contributed by atoms with van der Waals surface area (Å²) in [4.78, 5) is 18.0. The van der Waals surface area contributed by atoms with Crippen molar-refractivity contribution in [1.29, 1.82) is 0 Å². The number of benzene rings is 1. The Morgan fingerprint density at radius 3 is 1.44 bits per heavy atom. The zero-order valence-electron chi connectivity index (χ0n) is 40.1. The zero-order chi connectivity index (χ0) is 43.2. The van der Waals surface area contributed by atoms with Crippen molar-refractivity contribution in [1.82, 2.24) is 9.80 Å². The Morgan fingerprint density at radius 1 is 0.559 bits per heavy atom. The molecule has 1 aromatic carbocycles. The Hall–Kier alpha value is -1.51. The van der Waals surface area contributed by atoms with Crippen LogP contribution in [0.2, 0.25) is 0 Å². The summed E-state index contributed by atoms with van der Waals surface area (Å²) in [5, 5.41) is 10.7. The number of unbranched alkanes of at least 4 members (excludes halogenated alkanes) is 21. The van der Waals surface area contributed by atoms with Crippen LogP contribution in [0.25, 0.3) is 0 Å². The lowest BCUT2D eigenvalue weighted by molar-refractivity contribution is -0.154. The molecule has 346 valence electrons. The highest BCUT2D eigenvalue weighted by Crippen LogP contribution is 2.22. The van der Waals surface area contributed by atoms with Gasteiger partial charge in [0.2, 0.25) is 5.91 Å². The van der Waals surface area contributed by atoms with Gasteiger partial charge in [-0.05, 0) is 76.2 Å². The maximum Gasteiger partial charge on any atom is 0.222 e. The van der Waals surface area contributed by atoms with E-state index in [1.807, 2.05) is 6.92 Å². The molecule has 0 aliphatic rings. The van der Waals surface area contributed by atoms with Crippen LogP contribution < -0.4 is 0 Å². The molecule has 1 amide bonds. The van der Waals surface area contributed by atoms with Gasteiger partial charge < -0.3 is 29.1 Å². The molecule has 1 N–H and O–H groups in total. The molecule has 2 atom stereocenters. The minimum Gasteiger partial charge on any atom is -0.367 e. The van der Waals surface area contributed by atoms with E-state index in [2.05, 4.69) is 75.9 Å². The van der Waals surface area contributed by atoms with Gasteiger partial charge in [-0.3, -0.25) is 4.79 Å². The number of rotatable bonds is 43. The maximum atomic E-state index is 13.7. The standard InChI is InChI=1S/C52H98N2O5/c1-8-10-12-14-16-18-20-22-25-29-42-57-51(58-43-30-26-23-21-19-17-15-13-11-9-2)38-37-50(55)54(41-32-39-53(6)7)40-28-24-27-31-44-59-52(56)47(5)49-35-33-48(34-36-49)45-46(3)4/h33-36,46-47,51-52,56H,8-32,37-45H2,1-7H3. The van der Waals surface area contributed by atoms with Crippen molar-refractivity contribution in [3.05, 3.63) is 35.4 Å². The van der Waals surface area contributed by atoms with Gasteiger partial charge >= 0.3 is 0 Å². The third kappa shape index (κ3) is 32.8. The molecular formula is C52H98N2O5. The number of nitrogens with zero attached hydrogens (tertiary/aromatic N) is 2. The normalized spacial score (nSPS) is 12.9. The van der Waals surface area contributed by atoms with E-state index >= 15 is 0 Å². The summed E-state index contributed by atoms with van der Waals surface area (Å²) in [7, 11) is 4.19. The van der Waals surface area contributed by atoms with E-state index in [9.17, 15) is 9.90 Å². The number of amides is 1. The van der Waals surface area contributed by atoms with E-state index in [0.29, 0.717) is 38.6 Å². The molecule has 0 fully saturated rings. The van der Waals surface area contributed by atoms with Gasteiger partial charge in [0.15, 0.2) is 12.6 Å². The Morgan fingerprint density at radius 2 is 0.983 bits per heavy atom. The van der Waals surface area contributed by atoms with Gasteiger partial charge in [0.1, 0.15) is 0 Å². The highest BCUT2D eigenvalue weighted by Gasteiger charge is 2.19. The van der Waals surface area contributed by atoms with Gasteiger partial charge in [-0.1, -0.05) is 187 Å². The molecule has 0 aliphatic carbocycles. The summed E-state index contributed by atoms with van der Waals surface area (Å²) in [5.41, 5.74) is 2.44. The van der Waals surface area contributed by atoms with Crippen LogP contribution in [0.5, 0.6) is 0 Å². The van der Waals surface area contributed by atoms with Crippen molar-refractivity contribution in [2.24, 2.45) is 5.92 Å². The van der Waals surface area contributed by atoms with Crippen molar-refractivity contribution in [2.75, 3.05) is 53.6 Å². The number of carbonyl (C=O) groups excluding carboxylic acids is 1. The number of hydrogen-bond acceptors (Lipinski definition) is 6. The molecule has 2 unspecified atom stereocenters. The second-order valence-corrected chi connectivity index (χ2v) is 18.4. The average Bonchev–Trinajstić information content (AvgIpc) is 3.21. The van der Waals surface area contributed by atoms with Gasteiger partial charge in [0.25, 0.3) is 0 Å². The second-order valence-electron chi connectivity index (χ2n) is 18.4. The van der Waals surface area contributed by atoms with Crippen LogP contribution in [0, 0.1) is 5.92 Å². The molecule has 1 aromatic rings. The van der Waals surface area contributed by atoms with Crippen molar-refractivity contribution < 1.29 is 24.1 Å². The first-order chi connectivity index (χ1) is 28.7. The summed E-state index contributed by atoms with van der Waals surface area (Å²) in [6, 6.07) is 8.60. The van der Waals surface area contributed by atoms with Crippen molar-refractivity contribution in [2.45, 2.75) is 233 Å². The Bertz CT molecular complexity index is 1020. The van der Waals surface area contributed by atoms with Gasteiger partial charge in [-0.15, -0.1) is 0 Å². The summed E-state index contributed by atoms with van der Waals surface area (Å²) >= 11 is 0. The predicted octanol–water partition coefficient (Wildman–Crippen LogP) is 13.6. The molecule has 0 saturated carbocycles. The first-order valence-corrected chi connectivity index (χ1v) is 25.2. The lowest BCUT2D eigenvalue weighted by atomic mass is 9.96. The fourth-order valence-corrected chi connectivity index (χ4v) is 7.86. The molecule has 7 heteroatoms. The third-order valence-corrected chi connectivity index (χ3v) is 11.8. The van der Waals surface area contributed by atoms with Crippen LogP contribution in [-0.2, 0) is 25.4 Å². The molecule has 0 heterocycles. The van der Waals surface area contributed by atoms with Crippen molar-refractivity contribution in [3.8, 4) is 0 Å². The third-order valence-electron chi connectivity index (χ3n) is 11.8. The monoisotopic (exact) mass is 831 g/mol. The van der Waals surface area contributed by atoms with Crippen LogP contribution in [0.3, 0.4) is 0 Å². The Kier molecular flexibility index (Phi) is 37.0. The van der Waals surface area contributed by atoms with Gasteiger partial charge in [0, 0.05) is 51.7 Å². The maximum absolute atomic E-state index is 13.7. The smallest absolute Gasteiger partial charge is 0.222 e. The minimum atomic E-state index is -0.808. The van der Waals surface area contributed by atoms with Gasteiger partial charge in [-0.25, -0.2) is 0 Å². The zero-order valence-corrected chi connectivity index (χ0v) is 40.1. The van der Waals surface area contributed by atoms with E-state index in [1.165, 1.54) is 121 Å². The lowest BCUT2D eigenvalue weighted by Gasteiger charge is -2.25. The molecule has 0 saturated heterocycles.